The molecular weight excluding hydrogens is 290 g/mol. The molecule has 0 radical (unpaired) electrons. The Balaban J connectivity index is 1.87. The highest BCUT2D eigenvalue weighted by molar-refractivity contribution is 6.21. The molecule has 2 amide bonds. The van der Waals surface area contributed by atoms with Gasteiger partial charge in [-0.15, -0.1) is 0 Å². The zero-order chi connectivity index (χ0) is 15.9. The average molecular weight is 299 g/mol. The van der Waals surface area contributed by atoms with Crippen LogP contribution >= 0.6 is 0 Å². The van der Waals surface area contributed by atoms with Crippen molar-refractivity contribution in [3.8, 4) is 0 Å². The maximum atomic E-state index is 12.0. The van der Waals surface area contributed by atoms with Gasteiger partial charge in [0.25, 0.3) is 17.4 Å². The Morgan fingerprint density at radius 2 is 1.59 bits per heavy atom. The average Bonchev–Trinajstić information content (AvgIpc) is 2.75. The predicted molar refractivity (Wildman–Crippen MR) is 71.8 cm³/mol. The van der Waals surface area contributed by atoms with Crippen LogP contribution in [0.3, 0.4) is 0 Å². The largest absolute Gasteiger partial charge is 0.383 e. The fourth-order valence-electron chi connectivity index (χ4n) is 1.99. The lowest BCUT2D eigenvalue weighted by Crippen LogP contribution is -2.33. The molecule has 1 aliphatic rings. The van der Waals surface area contributed by atoms with Crippen molar-refractivity contribution in [1.82, 2.24) is 14.8 Å². The van der Waals surface area contributed by atoms with Gasteiger partial charge >= 0.3 is 5.97 Å². The number of hydrogen-bond donors (Lipinski definition) is 0. The molecule has 2 aromatic rings. The predicted octanol–water partition coefficient (Wildman–Crippen LogP) is 0.148. The van der Waals surface area contributed by atoms with Crippen LogP contribution < -0.4 is 5.56 Å². The molecule has 1 aromatic carbocycles. The van der Waals surface area contributed by atoms with Crippen LogP contribution in [0.4, 0.5) is 0 Å². The Morgan fingerprint density at radius 1 is 1.00 bits per heavy atom. The molecule has 1 aromatic heterocycles. The molecule has 22 heavy (non-hydrogen) atoms. The third kappa shape index (κ3) is 2.06. The van der Waals surface area contributed by atoms with E-state index in [0.717, 1.165) is 16.8 Å². The summed E-state index contributed by atoms with van der Waals surface area (Å²) >= 11 is 0. The van der Waals surface area contributed by atoms with Gasteiger partial charge in [-0.05, 0) is 18.2 Å². The highest BCUT2D eigenvalue weighted by Crippen LogP contribution is 2.22. The number of benzene rings is 1. The molecule has 0 saturated carbocycles. The summed E-state index contributed by atoms with van der Waals surface area (Å²) in [5.74, 6) is -2.46. The number of imide groups is 1. The van der Waals surface area contributed by atoms with E-state index in [4.69, 9.17) is 4.84 Å². The van der Waals surface area contributed by atoms with E-state index in [2.05, 4.69) is 5.10 Å². The number of aromatic nitrogens is 2. The van der Waals surface area contributed by atoms with Gasteiger partial charge in [-0.2, -0.15) is 5.10 Å². The highest BCUT2D eigenvalue weighted by Gasteiger charge is 2.39. The van der Waals surface area contributed by atoms with E-state index >= 15 is 0 Å². The lowest BCUT2D eigenvalue weighted by Gasteiger charge is -2.12. The summed E-state index contributed by atoms with van der Waals surface area (Å²) in [6.07, 6.45) is 0. The van der Waals surface area contributed by atoms with E-state index in [0.29, 0.717) is 5.06 Å². The SMILES string of the molecule is Cn1nc(C(=O)ON2C(=O)c3ccccc3C2=O)ccc1=O. The number of carbonyl (C=O) groups is 3. The quantitative estimate of drug-likeness (QED) is 0.732. The number of fused-ring (bicyclic) bond motifs is 1. The van der Waals surface area contributed by atoms with Crippen molar-refractivity contribution in [3.05, 3.63) is 63.6 Å². The van der Waals surface area contributed by atoms with Crippen molar-refractivity contribution in [1.29, 1.82) is 0 Å². The first-order valence-electron chi connectivity index (χ1n) is 6.23. The molecule has 0 saturated heterocycles. The molecule has 0 atom stereocenters. The minimum atomic E-state index is -1.01. The number of amides is 2. The fraction of sp³-hybridized carbons (Fsp3) is 0.0714. The Kier molecular flexibility index (Phi) is 3.06. The van der Waals surface area contributed by atoms with Gasteiger partial charge in [0.05, 0.1) is 11.1 Å². The molecule has 0 N–H and O–H groups in total. The second kappa shape index (κ2) is 4.92. The summed E-state index contributed by atoms with van der Waals surface area (Å²) in [6.45, 7) is 0. The number of aryl methyl sites for hydroxylation is 1. The summed E-state index contributed by atoms with van der Waals surface area (Å²) in [5, 5.41) is 4.08. The van der Waals surface area contributed by atoms with Crippen LogP contribution in [0.1, 0.15) is 31.2 Å². The van der Waals surface area contributed by atoms with Crippen molar-refractivity contribution in [2.45, 2.75) is 0 Å². The van der Waals surface area contributed by atoms with Gasteiger partial charge in [0.2, 0.25) is 0 Å². The minimum Gasteiger partial charge on any atom is -0.322 e. The van der Waals surface area contributed by atoms with Crippen LogP contribution in [0.25, 0.3) is 0 Å². The normalized spacial score (nSPS) is 13.2. The maximum Gasteiger partial charge on any atom is 0.383 e. The monoisotopic (exact) mass is 299 g/mol. The molecular formula is C14H9N3O5. The van der Waals surface area contributed by atoms with E-state index < -0.39 is 23.3 Å². The fourth-order valence-corrected chi connectivity index (χ4v) is 1.99. The van der Waals surface area contributed by atoms with Crippen LogP contribution in [0.2, 0.25) is 0 Å². The number of hydrogen-bond acceptors (Lipinski definition) is 6. The third-order valence-electron chi connectivity index (χ3n) is 3.10. The third-order valence-corrected chi connectivity index (χ3v) is 3.10. The van der Waals surface area contributed by atoms with Crippen molar-refractivity contribution >= 4 is 17.8 Å². The lowest BCUT2D eigenvalue weighted by atomic mass is 10.1. The summed E-state index contributed by atoms with van der Waals surface area (Å²) in [7, 11) is 1.36. The van der Waals surface area contributed by atoms with Gasteiger partial charge in [0.15, 0.2) is 5.69 Å². The number of rotatable bonds is 2. The van der Waals surface area contributed by atoms with Crippen LogP contribution in [-0.2, 0) is 11.9 Å². The van der Waals surface area contributed by atoms with Crippen molar-refractivity contribution < 1.29 is 19.2 Å². The number of nitrogens with zero attached hydrogens (tertiary/aromatic N) is 3. The Bertz CT molecular complexity index is 836. The molecule has 0 fully saturated rings. The first-order chi connectivity index (χ1) is 10.5. The van der Waals surface area contributed by atoms with Crippen LogP contribution in [0.5, 0.6) is 0 Å². The van der Waals surface area contributed by atoms with E-state index in [-0.39, 0.29) is 16.8 Å². The summed E-state index contributed by atoms with van der Waals surface area (Å²) < 4.78 is 0.943. The molecule has 0 spiro atoms. The van der Waals surface area contributed by atoms with Crippen LogP contribution in [-0.4, -0.2) is 32.6 Å². The molecule has 110 valence electrons. The maximum absolute atomic E-state index is 12.0. The summed E-state index contributed by atoms with van der Waals surface area (Å²) in [6, 6.07) is 8.42. The van der Waals surface area contributed by atoms with E-state index in [9.17, 15) is 19.2 Å². The van der Waals surface area contributed by atoms with Gasteiger partial charge in [-0.25, -0.2) is 9.48 Å². The molecule has 1 aliphatic heterocycles. The highest BCUT2D eigenvalue weighted by atomic mass is 16.7. The van der Waals surface area contributed by atoms with Crippen LogP contribution in [0, 0.1) is 0 Å². The first-order valence-corrected chi connectivity index (χ1v) is 6.23. The number of hydroxylamine groups is 2. The van der Waals surface area contributed by atoms with E-state index in [1.165, 1.54) is 19.2 Å². The molecule has 0 aliphatic carbocycles. The molecule has 8 heteroatoms. The molecule has 0 unspecified atom stereocenters. The number of carbonyl (C=O) groups excluding carboxylic acids is 3. The Labute approximate surface area is 123 Å². The van der Waals surface area contributed by atoms with E-state index in [1.807, 2.05) is 0 Å². The van der Waals surface area contributed by atoms with Gasteiger partial charge in [-0.3, -0.25) is 14.4 Å². The minimum absolute atomic E-state index is 0.161. The zero-order valence-electron chi connectivity index (χ0n) is 11.3. The van der Waals surface area contributed by atoms with E-state index in [1.54, 1.807) is 12.1 Å². The lowest BCUT2D eigenvalue weighted by molar-refractivity contribution is -0.0589. The van der Waals surface area contributed by atoms with Gasteiger partial charge in [0, 0.05) is 13.1 Å². The molecule has 8 nitrogen and oxygen atoms in total. The van der Waals surface area contributed by atoms with Gasteiger partial charge < -0.3 is 4.84 Å². The second-order valence-corrected chi connectivity index (χ2v) is 4.51. The molecule has 0 bridgehead atoms. The molecule has 3 rings (SSSR count). The molecule has 2 heterocycles. The van der Waals surface area contributed by atoms with Crippen molar-refractivity contribution in [3.63, 3.8) is 0 Å². The smallest absolute Gasteiger partial charge is 0.322 e. The zero-order valence-corrected chi connectivity index (χ0v) is 11.3. The van der Waals surface area contributed by atoms with Crippen LogP contribution in [0.15, 0.2) is 41.2 Å². The first kappa shape index (κ1) is 13.7. The Hall–Kier alpha value is -3.29. The Morgan fingerprint density at radius 3 is 2.14 bits per heavy atom. The second-order valence-electron chi connectivity index (χ2n) is 4.51. The topological polar surface area (TPSA) is 98.6 Å². The van der Waals surface area contributed by atoms with Gasteiger partial charge in [0.1, 0.15) is 0 Å². The standard InChI is InChI=1S/C14H9N3O5/c1-16-11(18)7-6-10(15-16)14(21)22-17-12(19)8-4-2-3-5-9(8)13(17)20/h2-7H,1H3. The summed E-state index contributed by atoms with van der Waals surface area (Å²) in [5.41, 5.74) is -0.279. The van der Waals surface area contributed by atoms with Crippen molar-refractivity contribution in [2.24, 2.45) is 7.05 Å². The van der Waals surface area contributed by atoms with Crippen molar-refractivity contribution in [2.75, 3.05) is 0 Å². The summed E-state index contributed by atoms with van der Waals surface area (Å²) in [4.78, 5) is 52.1. The van der Waals surface area contributed by atoms with Gasteiger partial charge in [-0.1, -0.05) is 17.2 Å².